The first-order chi connectivity index (χ1) is 14.8. The minimum absolute atomic E-state index is 0.126. The average molecular weight is 433 g/mol. The van der Waals surface area contributed by atoms with Gasteiger partial charge in [0.1, 0.15) is 18.3 Å². The largest absolute Gasteiger partial charge is 0.493 e. The zero-order valence-electron chi connectivity index (χ0n) is 18.2. The van der Waals surface area contributed by atoms with Crippen LogP contribution in [0, 0.1) is 5.92 Å². The molecule has 1 aromatic carbocycles. The van der Waals surface area contributed by atoms with Crippen molar-refractivity contribution in [1.82, 2.24) is 4.90 Å². The summed E-state index contributed by atoms with van der Waals surface area (Å²) >= 11 is 0. The van der Waals surface area contributed by atoms with Crippen LogP contribution in [-0.4, -0.2) is 75.0 Å². The molecule has 2 fully saturated rings. The summed E-state index contributed by atoms with van der Waals surface area (Å²) in [5.41, 5.74) is 1.20. The molecule has 0 N–H and O–H groups in total. The van der Waals surface area contributed by atoms with Gasteiger partial charge in [0, 0.05) is 50.9 Å². The van der Waals surface area contributed by atoms with E-state index in [9.17, 15) is 14.4 Å². The molecule has 0 radical (unpaired) electrons. The molecular weight excluding hydrogens is 406 g/mol. The predicted molar refractivity (Wildman–Crippen MR) is 107 cm³/mol. The molecule has 0 bridgehead atoms. The molecule has 1 saturated heterocycles. The molecular formula is C22H27NO8. The lowest BCUT2D eigenvalue weighted by Gasteiger charge is -2.51. The standard InChI is InChI=1S/C22H27NO8/c1-10(24)30-19-12-6-7-23-18(12)17(20(21(19)29-5)31-11(2)25)13-8-15(27-3)16(28-4)9-14(13)22(23)26/h8-9,12,17-21H,6-7H2,1-5H3. The highest BCUT2D eigenvalue weighted by molar-refractivity contribution is 5.98. The van der Waals surface area contributed by atoms with E-state index in [1.54, 1.807) is 17.0 Å². The van der Waals surface area contributed by atoms with E-state index in [1.165, 1.54) is 35.2 Å². The van der Waals surface area contributed by atoms with Gasteiger partial charge in [-0.1, -0.05) is 0 Å². The molecule has 4 rings (SSSR count). The number of hydrogen-bond acceptors (Lipinski definition) is 8. The Balaban J connectivity index is 1.91. The molecule has 0 spiro atoms. The van der Waals surface area contributed by atoms with Crippen LogP contribution >= 0.6 is 0 Å². The Morgan fingerprint density at radius 2 is 1.55 bits per heavy atom. The van der Waals surface area contributed by atoms with Crippen LogP contribution < -0.4 is 9.47 Å². The summed E-state index contributed by atoms with van der Waals surface area (Å²) in [6.45, 7) is 3.18. The summed E-state index contributed by atoms with van der Waals surface area (Å²) in [6.07, 6.45) is -1.40. The van der Waals surface area contributed by atoms with E-state index < -0.39 is 30.3 Å². The van der Waals surface area contributed by atoms with E-state index in [4.69, 9.17) is 23.7 Å². The third-order valence-electron chi connectivity index (χ3n) is 6.58. The summed E-state index contributed by atoms with van der Waals surface area (Å²) in [4.78, 5) is 39.1. The Morgan fingerprint density at radius 3 is 2.13 bits per heavy atom. The van der Waals surface area contributed by atoms with Gasteiger partial charge >= 0.3 is 11.9 Å². The third kappa shape index (κ3) is 3.31. The Kier molecular flexibility index (Phi) is 5.55. The molecule has 1 aromatic rings. The van der Waals surface area contributed by atoms with Crippen LogP contribution in [-0.2, 0) is 23.8 Å². The maximum absolute atomic E-state index is 13.4. The molecule has 9 nitrogen and oxygen atoms in total. The third-order valence-corrected chi connectivity index (χ3v) is 6.58. The number of hydrogen-bond donors (Lipinski definition) is 0. The second-order valence-electron chi connectivity index (χ2n) is 8.11. The maximum Gasteiger partial charge on any atom is 0.303 e. The van der Waals surface area contributed by atoms with Gasteiger partial charge in [-0.2, -0.15) is 0 Å². The van der Waals surface area contributed by atoms with Crippen molar-refractivity contribution < 1.29 is 38.1 Å². The second kappa shape index (κ2) is 8.03. The zero-order chi connectivity index (χ0) is 22.4. The quantitative estimate of drug-likeness (QED) is 0.645. The number of esters is 2. The number of benzene rings is 1. The monoisotopic (exact) mass is 433 g/mol. The molecule has 2 aliphatic heterocycles. The second-order valence-corrected chi connectivity index (χ2v) is 8.11. The van der Waals surface area contributed by atoms with E-state index >= 15 is 0 Å². The van der Waals surface area contributed by atoms with E-state index in [0.29, 0.717) is 35.6 Å². The summed E-state index contributed by atoms with van der Waals surface area (Å²) < 4.78 is 28.0. The fourth-order valence-corrected chi connectivity index (χ4v) is 5.54. The SMILES string of the molecule is COc1cc2c(cc1OC)C1C(OC(C)=O)C(OC)C(OC(C)=O)C3CCN(C2=O)C31. The number of carbonyl (C=O) groups excluding carboxylic acids is 3. The van der Waals surface area contributed by atoms with Gasteiger partial charge in [0.05, 0.1) is 14.2 Å². The molecule has 3 aliphatic rings. The first-order valence-corrected chi connectivity index (χ1v) is 10.3. The van der Waals surface area contributed by atoms with E-state index in [2.05, 4.69) is 0 Å². The zero-order valence-corrected chi connectivity index (χ0v) is 18.2. The number of carbonyl (C=O) groups is 3. The highest BCUT2D eigenvalue weighted by atomic mass is 16.6. The summed E-state index contributed by atoms with van der Waals surface area (Å²) in [6, 6.07) is 3.15. The van der Waals surface area contributed by atoms with Gasteiger partial charge in [-0.05, 0) is 24.1 Å². The predicted octanol–water partition coefficient (Wildman–Crippen LogP) is 1.52. The molecule has 2 heterocycles. The van der Waals surface area contributed by atoms with Crippen LogP contribution in [0.15, 0.2) is 12.1 Å². The van der Waals surface area contributed by atoms with Crippen molar-refractivity contribution in [1.29, 1.82) is 0 Å². The fraction of sp³-hybridized carbons (Fsp3) is 0.591. The van der Waals surface area contributed by atoms with Crippen molar-refractivity contribution in [2.75, 3.05) is 27.9 Å². The minimum Gasteiger partial charge on any atom is -0.493 e. The highest BCUT2D eigenvalue weighted by Crippen LogP contribution is 2.52. The molecule has 6 atom stereocenters. The number of nitrogens with zero attached hydrogens (tertiary/aromatic N) is 1. The molecule has 1 aliphatic carbocycles. The van der Waals surface area contributed by atoms with Gasteiger partial charge in [-0.15, -0.1) is 0 Å². The van der Waals surface area contributed by atoms with E-state index in [-0.39, 0.29) is 23.8 Å². The van der Waals surface area contributed by atoms with Crippen molar-refractivity contribution in [3.05, 3.63) is 23.3 Å². The molecule has 168 valence electrons. The Hall–Kier alpha value is -2.81. The number of methoxy groups -OCH3 is 3. The van der Waals surface area contributed by atoms with Crippen LogP contribution in [0.25, 0.3) is 0 Å². The van der Waals surface area contributed by atoms with Gasteiger partial charge in [-0.3, -0.25) is 14.4 Å². The molecule has 9 heteroatoms. The van der Waals surface area contributed by atoms with Crippen LogP contribution in [0.2, 0.25) is 0 Å². The minimum atomic E-state index is -0.751. The van der Waals surface area contributed by atoms with Crippen LogP contribution in [0.1, 0.15) is 42.1 Å². The Labute approximate surface area is 180 Å². The van der Waals surface area contributed by atoms with Crippen molar-refractivity contribution in [3.8, 4) is 11.5 Å². The first kappa shape index (κ1) is 21.4. The summed E-state index contributed by atoms with van der Waals surface area (Å²) in [5, 5.41) is 0. The summed E-state index contributed by atoms with van der Waals surface area (Å²) in [7, 11) is 4.55. The molecule has 1 saturated carbocycles. The first-order valence-electron chi connectivity index (χ1n) is 10.3. The van der Waals surface area contributed by atoms with Gasteiger partial charge in [-0.25, -0.2) is 0 Å². The normalized spacial score (nSPS) is 30.9. The molecule has 1 amide bonds. The van der Waals surface area contributed by atoms with Crippen LogP contribution in [0.3, 0.4) is 0 Å². The van der Waals surface area contributed by atoms with Crippen molar-refractivity contribution >= 4 is 17.8 Å². The lowest BCUT2D eigenvalue weighted by atomic mass is 9.67. The van der Waals surface area contributed by atoms with Crippen molar-refractivity contribution in [2.45, 2.75) is 50.5 Å². The number of fused-ring (bicyclic) bond motifs is 2. The summed E-state index contributed by atoms with van der Waals surface area (Å²) in [5.74, 6) is -0.621. The molecule has 6 unspecified atom stereocenters. The van der Waals surface area contributed by atoms with E-state index in [1.807, 2.05) is 0 Å². The number of ether oxygens (including phenoxy) is 5. The fourth-order valence-electron chi connectivity index (χ4n) is 5.54. The number of amides is 1. The van der Waals surface area contributed by atoms with Crippen LogP contribution in [0.4, 0.5) is 0 Å². The lowest BCUT2D eigenvalue weighted by molar-refractivity contribution is -0.194. The van der Waals surface area contributed by atoms with Gasteiger partial charge in [0.25, 0.3) is 5.91 Å². The molecule has 0 aromatic heterocycles. The number of rotatable bonds is 5. The van der Waals surface area contributed by atoms with Gasteiger partial charge in [0.15, 0.2) is 11.5 Å². The molecule has 31 heavy (non-hydrogen) atoms. The average Bonchev–Trinajstić information content (AvgIpc) is 3.17. The smallest absolute Gasteiger partial charge is 0.303 e. The Morgan fingerprint density at radius 1 is 0.935 bits per heavy atom. The lowest BCUT2D eigenvalue weighted by Crippen LogP contribution is -2.63. The van der Waals surface area contributed by atoms with Gasteiger partial charge < -0.3 is 28.6 Å². The topological polar surface area (TPSA) is 101 Å². The van der Waals surface area contributed by atoms with Crippen molar-refractivity contribution in [3.63, 3.8) is 0 Å². The van der Waals surface area contributed by atoms with Crippen LogP contribution in [0.5, 0.6) is 11.5 Å². The highest BCUT2D eigenvalue weighted by Gasteiger charge is 2.61. The van der Waals surface area contributed by atoms with E-state index in [0.717, 1.165) is 0 Å². The van der Waals surface area contributed by atoms with Gasteiger partial charge in [0.2, 0.25) is 0 Å². The van der Waals surface area contributed by atoms with Crippen molar-refractivity contribution in [2.24, 2.45) is 5.92 Å². The Bertz CT molecular complexity index is 915. The maximum atomic E-state index is 13.4.